The monoisotopic (exact) mass is 253 g/mol. The molecule has 0 spiro atoms. The Morgan fingerprint density at radius 2 is 1.72 bits per heavy atom. The SMILES string of the molecule is C=C(C)C(=O)Nc1ccccc1.CCNN.NN. The molecule has 8 N–H and O–H groups in total. The van der Waals surface area contributed by atoms with Gasteiger partial charge in [-0.05, 0) is 19.1 Å². The number of nitrogens with two attached hydrogens (primary N) is 3. The Balaban J connectivity index is 0. The number of hydrogen-bond donors (Lipinski definition) is 5. The summed E-state index contributed by atoms with van der Waals surface area (Å²) in [6.45, 7) is 8.01. The zero-order valence-corrected chi connectivity index (χ0v) is 10.9. The number of anilines is 1. The number of carbonyl (C=O) groups is 1. The van der Waals surface area contributed by atoms with E-state index in [0.29, 0.717) is 5.57 Å². The molecule has 6 heteroatoms. The largest absolute Gasteiger partial charge is 0.322 e. The van der Waals surface area contributed by atoms with E-state index < -0.39 is 0 Å². The van der Waals surface area contributed by atoms with E-state index in [2.05, 4.69) is 29.0 Å². The van der Waals surface area contributed by atoms with Crippen molar-refractivity contribution in [2.24, 2.45) is 17.5 Å². The minimum Gasteiger partial charge on any atom is -0.322 e. The van der Waals surface area contributed by atoms with Crippen molar-refractivity contribution in [3.05, 3.63) is 42.5 Å². The Morgan fingerprint density at radius 3 is 2.06 bits per heavy atom. The summed E-state index contributed by atoms with van der Waals surface area (Å²) in [7, 11) is 0. The Bertz CT molecular complexity index is 324. The molecule has 1 rings (SSSR count). The lowest BCUT2D eigenvalue weighted by molar-refractivity contribution is -0.112. The van der Waals surface area contributed by atoms with Crippen LogP contribution in [0, 0.1) is 0 Å². The standard InChI is InChI=1S/C10H11NO.C2H8N2.H4N2/c1-8(2)10(12)11-9-6-4-3-5-7-9;1-2-4-3;1-2/h3-7H,1H2,2H3,(H,11,12);4H,2-3H2,1H3;1-2H2. The molecule has 1 amide bonds. The van der Waals surface area contributed by atoms with Crippen LogP contribution in [-0.2, 0) is 4.79 Å². The number of hydrazine groups is 2. The first-order chi connectivity index (χ1) is 8.61. The molecule has 0 radical (unpaired) electrons. The van der Waals surface area contributed by atoms with Crippen LogP contribution in [-0.4, -0.2) is 12.5 Å². The number of amides is 1. The maximum atomic E-state index is 11.1. The van der Waals surface area contributed by atoms with Crippen LogP contribution in [0.25, 0.3) is 0 Å². The second-order valence-electron chi connectivity index (χ2n) is 3.16. The molecule has 0 saturated heterocycles. The molecule has 0 bridgehead atoms. The predicted molar refractivity (Wildman–Crippen MR) is 76.1 cm³/mol. The molecule has 1 aromatic carbocycles. The van der Waals surface area contributed by atoms with Crippen LogP contribution in [0.5, 0.6) is 0 Å². The van der Waals surface area contributed by atoms with E-state index in [1.807, 2.05) is 37.3 Å². The van der Waals surface area contributed by atoms with Crippen molar-refractivity contribution in [3.8, 4) is 0 Å². The van der Waals surface area contributed by atoms with Crippen molar-refractivity contribution in [2.75, 3.05) is 11.9 Å². The number of rotatable bonds is 3. The molecule has 0 unspecified atom stereocenters. The van der Waals surface area contributed by atoms with Crippen LogP contribution in [0.4, 0.5) is 5.69 Å². The maximum Gasteiger partial charge on any atom is 0.250 e. The van der Waals surface area contributed by atoms with E-state index in [1.165, 1.54) is 0 Å². The molecule has 0 saturated carbocycles. The number of nitrogens with one attached hydrogen (secondary N) is 2. The predicted octanol–water partition coefficient (Wildman–Crippen LogP) is 0.490. The fourth-order valence-electron chi connectivity index (χ4n) is 0.759. The van der Waals surface area contributed by atoms with E-state index >= 15 is 0 Å². The molecule has 18 heavy (non-hydrogen) atoms. The average Bonchev–Trinajstić information content (AvgIpc) is 2.42. The summed E-state index contributed by atoms with van der Waals surface area (Å²) in [6, 6.07) is 9.31. The topological polar surface area (TPSA) is 119 Å². The Kier molecular flexibility index (Phi) is 13.8. The lowest BCUT2D eigenvalue weighted by Gasteiger charge is -2.02. The molecule has 0 aliphatic rings. The molecular weight excluding hydrogens is 230 g/mol. The van der Waals surface area contributed by atoms with Gasteiger partial charge in [0, 0.05) is 17.8 Å². The van der Waals surface area contributed by atoms with Gasteiger partial charge in [0.15, 0.2) is 0 Å². The first-order valence-corrected chi connectivity index (χ1v) is 5.40. The van der Waals surface area contributed by atoms with Gasteiger partial charge in [0.25, 0.3) is 5.91 Å². The van der Waals surface area contributed by atoms with E-state index in [-0.39, 0.29) is 5.91 Å². The lowest BCUT2D eigenvalue weighted by Crippen LogP contribution is -2.20. The van der Waals surface area contributed by atoms with Gasteiger partial charge < -0.3 is 5.32 Å². The highest BCUT2D eigenvalue weighted by atomic mass is 16.1. The molecule has 0 aliphatic carbocycles. The van der Waals surface area contributed by atoms with Crippen LogP contribution in [0.1, 0.15) is 13.8 Å². The molecule has 102 valence electrons. The van der Waals surface area contributed by atoms with Gasteiger partial charge in [-0.2, -0.15) is 0 Å². The van der Waals surface area contributed by atoms with Gasteiger partial charge in [0.2, 0.25) is 0 Å². The van der Waals surface area contributed by atoms with E-state index in [4.69, 9.17) is 5.84 Å². The van der Waals surface area contributed by atoms with E-state index in [1.54, 1.807) is 6.92 Å². The Labute approximate surface area is 108 Å². The van der Waals surface area contributed by atoms with Crippen molar-refractivity contribution in [1.82, 2.24) is 5.43 Å². The Morgan fingerprint density at radius 1 is 1.28 bits per heavy atom. The van der Waals surface area contributed by atoms with Gasteiger partial charge in [0.1, 0.15) is 0 Å². The summed E-state index contributed by atoms with van der Waals surface area (Å²) in [5.74, 6) is 12.6. The molecule has 0 heterocycles. The minimum absolute atomic E-state index is 0.138. The molecule has 1 aromatic rings. The fraction of sp³-hybridized carbons (Fsp3) is 0.250. The second-order valence-corrected chi connectivity index (χ2v) is 3.16. The van der Waals surface area contributed by atoms with Gasteiger partial charge in [-0.1, -0.05) is 31.7 Å². The maximum absolute atomic E-state index is 11.1. The third kappa shape index (κ3) is 10.8. The van der Waals surface area contributed by atoms with Crippen LogP contribution in [0.3, 0.4) is 0 Å². The molecule has 0 atom stereocenters. The smallest absolute Gasteiger partial charge is 0.250 e. The summed E-state index contributed by atoms with van der Waals surface area (Å²) < 4.78 is 0. The second kappa shape index (κ2) is 13.3. The summed E-state index contributed by atoms with van der Waals surface area (Å²) in [4.78, 5) is 11.1. The molecular formula is C12H23N5O. The van der Waals surface area contributed by atoms with Crippen molar-refractivity contribution in [3.63, 3.8) is 0 Å². The van der Waals surface area contributed by atoms with E-state index in [0.717, 1.165) is 12.2 Å². The quantitative estimate of drug-likeness (QED) is 0.305. The highest BCUT2D eigenvalue weighted by Gasteiger charge is 2.00. The molecule has 6 nitrogen and oxygen atoms in total. The summed E-state index contributed by atoms with van der Waals surface area (Å²) in [5.41, 5.74) is 3.74. The van der Waals surface area contributed by atoms with Gasteiger partial charge in [-0.25, -0.2) is 0 Å². The summed E-state index contributed by atoms with van der Waals surface area (Å²) >= 11 is 0. The zero-order chi connectivity index (χ0) is 14.4. The number of para-hydroxylation sites is 1. The van der Waals surface area contributed by atoms with E-state index in [9.17, 15) is 4.79 Å². The van der Waals surface area contributed by atoms with Crippen LogP contribution in [0.15, 0.2) is 42.5 Å². The van der Waals surface area contributed by atoms with Crippen molar-refractivity contribution in [1.29, 1.82) is 0 Å². The third-order valence-electron chi connectivity index (χ3n) is 1.62. The van der Waals surface area contributed by atoms with Gasteiger partial charge in [0.05, 0.1) is 0 Å². The molecule has 0 fully saturated rings. The first-order valence-electron chi connectivity index (χ1n) is 5.40. The van der Waals surface area contributed by atoms with Crippen molar-refractivity contribution in [2.45, 2.75) is 13.8 Å². The first kappa shape index (κ1) is 18.6. The van der Waals surface area contributed by atoms with Gasteiger partial charge >= 0.3 is 0 Å². The fourth-order valence-corrected chi connectivity index (χ4v) is 0.759. The summed E-state index contributed by atoms with van der Waals surface area (Å²) in [6.07, 6.45) is 0. The molecule has 0 aromatic heterocycles. The highest BCUT2D eigenvalue weighted by molar-refractivity contribution is 6.02. The van der Waals surface area contributed by atoms with Crippen LogP contribution >= 0.6 is 0 Å². The zero-order valence-electron chi connectivity index (χ0n) is 10.9. The Hall–Kier alpha value is -1.73. The van der Waals surface area contributed by atoms with Crippen LogP contribution < -0.4 is 28.3 Å². The summed E-state index contributed by atoms with van der Waals surface area (Å²) in [5, 5.41) is 2.70. The number of carbonyl (C=O) groups excluding carboxylic acids is 1. The normalized spacial score (nSPS) is 8.06. The minimum atomic E-state index is -0.138. The van der Waals surface area contributed by atoms with Gasteiger partial charge in [-0.15, -0.1) is 0 Å². The number of hydrogen-bond acceptors (Lipinski definition) is 5. The lowest BCUT2D eigenvalue weighted by atomic mass is 10.3. The molecule has 0 aliphatic heterocycles. The van der Waals surface area contributed by atoms with Crippen molar-refractivity contribution >= 4 is 11.6 Å². The van der Waals surface area contributed by atoms with Crippen molar-refractivity contribution < 1.29 is 4.79 Å². The highest BCUT2D eigenvalue weighted by Crippen LogP contribution is 2.05. The van der Waals surface area contributed by atoms with Gasteiger partial charge in [-0.3, -0.25) is 27.7 Å². The average molecular weight is 253 g/mol. The number of benzene rings is 1. The third-order valence-corrected chi connectivity index (χ3v) is 1.62. The van der Waals surface area contributed by atoms with Crippen LogP contribution in [0.2, 0.25) is 0 Å².